The summed E-state index contributed by atoms with van der Waals surface area (Å²) in [6.07, 6.45) is 3.24. The zero-order chi connectivity index (χ0) is 14.7. The maximum Gasteiger partial charge on any atom is 0.236 e. The van der Waals surface area contributed by atoms with E-state index in [4.69, 9.17) is 0 Å². The smallest absolute Gasteiger partial charge is 0.236 e. The molecule has 3 aromatic rings. The fraction of sp³-hybridized carbons (Fsp3) is 0.0588. The van der Waals surface area contributed by atoms with Gasteiger partial charge in [-0.25, -0.2) is 0 Å². The lowest BCUT2D eigenvalue weighted by atomic mass is 10.0. The summed E-state index contributed by atoms with van der Waals surface area (Å²) >= 11 is 0. The second-order valence-electron chi connectivity index (χ2n) is 4.83. The highest BCUT2D eigenvalue weighted by molar-refractivity contribution is 5.87. The van der Waals surface area contributed by atoms with Crippen molar-refractivity contribution < 1.29 is 4.92 Å². The van der Waals surface area contributed by atoms with Gasteiger partial charge in [-0.3, -0.25) is 10.1 Å². The first-order valence-electron chi connectivity index (χ1n) is 6.69. The predicted molar refractivity (Wildman–Crippen MR) is 83.6 cm³/mol. The normalized spacial score (nSPS) is 11.2. The van der Waals surface area contributed by atoms with Crippen LogP contribution in [-0.4, -0.2) is 9.91 Å². The Balaban J connectivity index is 2.09. The monoisotopic (exact) mass is 278 g/mol. The molecule has 0 amide bonds. The molecule has 2 aromatic carbocycles. The molecule has 0 saturated heterocycles. The van der Waals surface area contributed by atoms with Crippen molar-refractivity contribution in [2.24, 2.45) is 0 Å². The molecule has 0 spiro atoms. The summed E-state index contributed by atoms with van der Waals surface area (Å²) in [6, 6.07) is 18.0. The molecule has 0 fully saturated rings. The molecule has 1 aromatic heterocycles. The zero-order valence-corrected chi connectivity index (χ0v) is 11.3. The maximum atomic E-state index is 10.6. The van der Waals surface area contributed by atoms with E-state index >= 15 is 0 Å². The Morgan fingerprint density at radius 1 is 1.05 bits per heavy atom. The predicted octanol–water partition coefficient (Wildman–Crippen LogP) is 4.01. The number of benzene rings is 2. The Kier molecular flexibility index (Phi) is 3.51. The van der Waals surface area contributed by atoms with Crippen molar-refractivity contribution in [1.29, 1.82) is 0 Å². The number of fused-ring (bicyclic) bond motifs is 1. The van der Waals surface area contributed by atoms with E-state index in [0.29, 0.717) is 0 Å². The number of hydrogen-bond donors (Lipinski definition) is 1. The highest BCUT2D eigenvalue weighted by atomic mass is 16.6. The summed E-state index contributed by atoms with van der Waals surface area (Å²) in [7, 11) is 0. The molecule has 0 aliphatic carbocycles. The van der Waals surface area contributed by atoms with Gasteiger partial charge in [0.1, 0.15) is 0 Å². The van der Waals surface area contributed by atoms with Gasteiger partial charge in [0, 0.05) is 29.1 Å². The van der Waals surface area contributed by atoms with Crippen LogP contribution >= 0.6 is 0 Å². The first kappa shape index (κ1) is 13.1. The molecule has 21 heavy (non-hydrogen) atoms. The van der Waals surface area contributed by atoms with Crippen molar-refractivity contribution in [2.75, 3.05) is 0 Å². The zero-order valence-electron chi connectivity index (χ0n) is 11.3. The number of nitro groups is 1. The minimum atomic E-state index is -0.447. The minimum absolute atomic E-state index is 0.447. The van der Waals surface area contributed by atoms with Gasteiger partial charge in [-0.2, -0.15) is 0 Å². The van der Waals surface area contributed by atoms with Crippen LogP contribution in [0, 0.1) is 10.1 Å². The summed E-state index contributed by atoms with van der Waals surface area (Å²) in [6.45, 7) is 0. The van der Waals surface area contributed by atoms with Crippen LogP contribution < -0.4 is 0 Å². The molecule has 1 heterocycles. The number of rotatable bonds is 4. The number of nitrogens with zero attached hydrogens (tertiary/aromatic N) is 1. The Hall–Kier alpha value is -2.88. The number of aromatic amines is 1. The lowest BCUT2D eigenvalue weighted by molar-refractivity contribution is -0.401. The third-order valence-corrected chi connectivity index (χ3v) is 3.43. The van der Waals surface area contributed by atoms with Gasteiger partial charge in [-0.05, 0) is 17.2 Å². The summed E-state index contributed by atoms with van der Waals surface area (Å²) in [4.78, 5) is 13.4. The van der Waals surface area contributed by atoms with Crippen molar-refractivity contribution in [2.45, 2.75) is 6.42 Å². The average Bonchev–Trinajstić information content (AvgIpc) is 2.84. The molecule has 104 valence electrons. The Labute approximate surface area is 121 Å². The van der Waals surface area contributed by atoms with Gasteiger partial charge >= 0.3 is 0 Å². The van der Waals surface area contributed by atoms with Crippen molar-refractivity contribution in [3.8, 4) is 0 Å². The van der Waals surface area contributed by atoms with E-state index < -0.39 is 4.92 Å². The highest BCUT2D eigenvalue weighted by Gasteiger charge is 2.10. The number of H-pyrrole nitrogens is 1. The van der Waals surface area contributed by atoms with E-state index in [-0.39, 0.29) is 0 Å². The van der Waals surface area contributed by atoms with Gasteiger partial charge in [0.05, 0.1) is 4.92 Å². The van der Waals surface area contributed by atoms with E-state index in [1.165, 1.54) is 11.6 Å². The SMILES string of the molecule is O=[N+]([O-])C=Cc1[nH]c2ccccc2c1Cc1ccccc1. The van der Waals surface area contributed by atoms with Gasteiger partial charge in [0.15, 0.2) is 0 Å². The van der Waals surface area contributed by atoms with Crippen LogP contribution in [0.2, 0.25) is 0 Å². The quantitative estimate of drug-likeness (QED) is 0.579. The van der Waals surface area contributed by atoms with Crippen LogP contribution in [0.5, 0.6) is 0 Å². The van der Waals surface area contributed by atoms with Crippen molar-refractivity contribution >= 4 is 17.0 Å². The molecular weight excluding hydrogens is 264 g/mol. The third-order valence-electron chi connectivity index (χ3n) is 3.43. The summed E-state index contributed by atoms with van der Waals surface area (Å²) in [5, 5.41) is 11.7. The van der Waals surface area contributed by atoms with Crippen molar-refractivity contribution in [1.82, 2.24) is 4.98 Å². The number of hydrogen-bond acceptors (Lipinski definition) is 2. The van der Waals surface area contributed by atoms with Crippen LogP contribution in [0.25, 0.3) is 17.0 Å². The van der Waals surface area contributed by atoms with Crippen LogP contribution in [0.1, 0.15) is 16.8 Å². The first-order chi connectivity index (χ1) is 10.2. The van der Waals surface area contributed by atoms with Crippen molar-refractivity contribution in [3.05, 3.63) is 87.7 Å². The molecule has 1 N–H and O–H groups in total. The van der Waals surface area contributed by atoms with Gasteiger partial charge < -0.3 is 4.98 Å². The van der Waals surface area contributed by atoms with Crippen LogP contribution in [0.15, 0.2) is 60.8 Å². The molecule has 0 saturated carbocycles. The lowest BCUT2D eigenvalue weighted by Gasteiger charge is -2.02. The lowest BCUT2D eigenvalue weighted by Crippen LogP contribution is -1.90. The molecule has 0 unspecified atom stereocenters. The van der Waals surface area contributed by atoms with E-state index in [9.17, 15) is 10.1 Å². The molecule has 0 bridgehead atoms. The highest BCUT2D eigenvalue weighted by Crippen LogP contribution is 2.26. The summed E-state index contributed by atoms with van der Waals surface area (Å²) in [5.74, 6) is 0. The topological polar surface area (TPSA) is 58.9 Å². The van der Waals surface area contributed by atoms with Gasteiger partial charge in [-0.1, -0.05) is 48.5 Å². The fourth-order valence-electron chi connectivity index (χ4n) is 2.49. The molecule has 4 heteroatoms. The molecule has 3 rings (SSSR count). The standard InChI is InChI=1S/C17H14N2O2/c20-19(21)11-10-17-15(12-13-6-2-1-3-7-13)14-8-4-5-9-16(14)18-17/h1-11,18H,12H2. The second kappa shape index (κ2) is 5.63. The van der Waals surface area contributed by atoms with Crippen LogP contribution in [0.4, 0.5) is 0 Å². The first-order valence-corrected chi connectivity index (χ1v) is 6.69. The van der Waals surface area contributed by atoms with E-state index in [0.717, 1.165) is 34.8 Å². The fourth-order valence-corrected chi connectivity index (χ4v) is 2.49. The number of aromatic nitrogens is 1. The molecule has 0 aliphatic heterocycles. The maximum absolute atomic E-state index is 10.6. The summed E-state index contributed by atoms with van der Waals surface area (Å²) < 4.78 is 0. The third kappa shape index (κ3) is 2.84. The van der Waals surface area contributed by atoms with Crippen LogP contribution in [0.3, 0.4) is 0 Å². The second-order valence-corrected chi connectivity index (χ2v) is 4.83. The molecule has 0 atom stereocenters. The van der Waals surface area contributed by atoms with Gasteiger partial charge in [0.2, 0.25) is 6.20 Å². The van der Waals surface area contributed by atoms with E-state index in [1.54, 1.807) is 0 Å². The molecule has 0 radical (unpaired) electrons. The Bertz CT molecular complexity index is 804. The average molecular weight is 278 g/mol. The van der Waals surface area contributed by atoms with Crippen molar-refractivity contribution in [3.63, 3.8) is 0 Å². The Morgan fingerprint density at radius 2 is 1.76 bits per heavy atom. The number of para-hydroxylation sites is 1. The van der Waals surface area contributed by atoms with E-state index in [1.807, 2.05) is 42.5 Å². The molecule has 0 aliphatic rings. The number of nitrogens with one attached hydrogen (secondary N) is 1. The van der Waals surface area contributed by atoms with Gasteiger partial charge in [-0.15, -0.1) is 0 Å². The Morgan fingerprint density at radius 3 is 2.52 bits per heavy atom. The molecular formula is C17H14N2O2. The summed E-state index contributed by atoms with van der Waals surface area (Å²) in [5.41, 5.74) is 4.04. The van der Waals surface area contributed by atoms with Crippen LogP contribution in [-0.2, 0) is 6.42 Å². The van der Waals surface area contributed by atoms with Gasteiger partial charge in [0.25, 0.3) is 0 Å². The minimum Gasteiger partial charge on any atom is -0.355 e. The molecule has 4 nitrogen and oxygen atoms in total. The van der Waals surface area contributed by atoms with E-state index in [2.05, 4.69) is 17.1 Å². The largest absolute Gasteiger partial charge is 0.355 e.